The average Bonchev–Trinajstić information content (AvgIpc) is 2.52. The fourth-order valence-electron chi connectivity index (χ4n) is 2.52. The normalized spacial score (nSPS) is 22.4. The van der Waals surface area contributed by atoms with E-state index in [9.17, 15) is 5.11 Å². The first-order chi connectivity index (χ1) is 10.5. The Morgan fingerprint density at radius 2 is 2.05 bits per heavy atom. The van der Waals surface area contributed by atoms with Gasteiger partial charge in [-0.2, -0.15) is 0 Å². The van der Waals surface area contributed by atoms with Crippen LogP contribution in [0.5, 0.6) is 17.4 Å². The van der Waals surface area contributed by atoms with Crippen LogP contribution in [0.1, 0.15) is 25.5 Å². The monoisotopic (exact) mass is 301 g/mol. The second-order valence-corrected chi connectivity index (χ2v) is 5.76. The van der Waals surface area contributed by atoms with Crippen LogP contribution < -0.4 is 14.2 Å². The summed E-state index contributed by atoms with van der Waals surface area (Å²) in [7, 11) is 1.60. The van der Waals surface area contributed by atoms with Crippen molar-refractivity contribution in [2.45, 2.75) is 31.7 Å². The van der Waals surface area contributed by atoms with Crippen LogP contribution >= 0.6 is 0 Å². The lowest BCUT2D eigenvalue weighted by Crippen LogP contribution is -2.50. The van der Waals surface area contributed by atoms with Crippen LogP contribution in [-0.2, 0) is 0 Å². The third kappa shape index (κ3) is 2.60. The van der Waals surface area contributed by atoms with E-state index in [4.69, 9.17) is 14.2 Å². The lowest BCUT2D eigenvalue weighted by molar-refractivity contribution is -0.104. The number of aliphatic hydroxyl groups excluding tert-OH is 1. The molecule has 0 spiro atoms. The first-order valence-electron chi connectivity index (χ1n) is 7.14. The van der Waals surface area contributed by atoms with Crippen molar-refractivity contribution in [1.29, 1.82) is 0 Å². The zero-order valence-electron chi connectivity index (χ0n) is 12.8. The Morgan fingerprint density at radius 1 is 1.23 bits per heavy atom. The molecule has 5 nitrogen and oxygen atoms in total. The Kier molecular flexibility index (Phi) is 3.66. The number of hydrogen-bond acceptors (Lipinski definition) is 5. The molecule has 1 aromatic carbocycles. The standard InChI is InChI=1S/C17H19NO4/c1-17(2)16(19)15(21-14-6-4-5-9-18-14)12-10-11(20-3)7-8-13(12)22-17/h4-10,15-16,19H,1-3H3/t15-,16+/m1/s1. The molecular formula is C17H19NO4. The summed E-state index contributed by atoms with van der Waals surface area (Å²) in [6, 6.07) is 10.9. The van der Waals surface area contributed by atoms with Crippen LogP contribution in [0.2, 0.25) is 0 Å². The number of rotatable bonds is 3. The van der Waals surface area contributed by atoms with Crippen LogP contribution in [0, 0.1) is 0 Å². The fraction of sp³-hybridized carbons (Fsp3) is 0.353. The van der Waals surface area contributed by atoms with Gasteiger partial charge in [0.25, 0.3) is 0 Å². The van der Waals surface area contributed by atoms with Crippen LogP contribution in [0.4, 0.5) is 0 Å². The number of ether oxygens (including phenoxy) is 3. The lowest BCUT2D eigenvalue weighted by Gasteiger charge is -2.41. The van der Waals surface area contributed by atoms with Crippen LogP contribution in [0.3, 0.4) is 0 Å². The van der Waals surface area contributed by atoms with Gasteiger partial charge >= 0.3 is 0 Å². The number of benzene rings is 1. The molecule has 0 saturated heterocycles. The summed E-state index contributed by atoms with van der Waals surface area (Å²) in [5.41, 5.74) is -0.0158. The van der Waals surface area contributed by atoms with E-state index in [1.807, 2.05) is 44.2 Å². The number of fused-ring (bicyclic) bond motifs is 1. The molecule has 116 valence electrons. The van der Waals surface area contributed by atoms with E-state index in [2.05, 4.69) is 4.98 Å². The van der Waals surface area contributed by atoms with Gasteiger partial charge in [0, 0.05) is 17.8 Å². The number of nitrogens with zero attached hydrogens (tertiary/aromatic N) is 1. The number of methoxy groups -OCH3 is 1. The highest BCUT2D eigenvalue weighted by Gasteiger charge is 2.44. The van der Waals surface area contributed by atoms with Crippen molar-refractivity contribution in [1.82, 2.24) is 4.98 Å². The SMILES string of the molecule is COc1ccc2c(c1)[C@@H](Oc1ccccn1)[C@H](O)C(C)(C)O2. The minimum Gasteiger partial charge on any atom is -0.497 e. The maximum absolute atomic E-state index is 10.6. The van der Waals surface area contributed by atoms with Crippen molar-refractivity contribution in [3.8, 4) is 17.4 Å². The highest BCUT2D eigenvalue weighted by atomic mass is 16.5. The third-order valence-corrected chi connectivity index (χ3v) is 3.78. The van der Waals surface area contributed by atoms with Crippen molar-refractivity contribution >= 4 is 0 Å². The molecule has 2 aromatic rings. The molecule has 0 amide bonds. The first kappa shape index (κ1) is 14.7. The van der Waals surface area contributed by atoms with Gasteiger partial charge in [-0.3, -0.25) is 0 Å². The van der Waals surface area contributed by atoms with E-state index in [1.54, 1.807) is 19.4 Å². The number of hydrogen-bond donors (Lipinski definition) is 1. The van der Waals surface area contributed by atoms with Gasteiger partial charge in [-0.1, -0.05) is 6.07 Å². The highest BCUT2D eigenvalue weighted by Crippen LogP contribution is 2.43. The Bertz CT molecular complexity index is 657. The van der Waals surface area contributed by atoms with Crippen molar-refractivity contribution in [2.24, 2.45) is 0 Å². The zero-order chi connectivity index (χ0) is 15.7. The van der Waals surface area contributed by atoms with Crippen molar-refractivity contribution in [2.75, 3.05) is 7.11 Å². The topological polar surface area (TPSA) is 60.8 Å². The molecule has 1 aliphatic rings. The summed E-state index contributed by atoms with van der Waals surface area (Å²) >= 11 is 0. The van der Waals surface area contributed by atoms with Crippen molar-refractivity contribution in [3.63, 3.8) is 0 Å². The zero-order valence-corrected chi connectivity index (χ0v) is 12.8. The molecule has 0 unspecified atom stereocenters. The predicted octanol–water partition coefficient (Wildman–Crippen LogP) is 2.74. The van der Waals surface area contributed by atoms with Gasteiger partial charge in [0.1, 0.15) is 23.2 Å². The summed E-state index contributed by atoms with van der Waals surface area (Å²) in [6.07, 6.45) is 0.233. The van der Waals surface area contributed by atoms with E-state index in [0.29, 0.717) is 17.4 Å². The Balaban J connectivity index is 2.03. The van der Waals surface area contributed by atoms with Gasteiger partial charge in [-0.25, -0.2) is 4.98 Å². The molecule has 1 aliphatic heterocycles. The second-order valence-electron chi connectivity index (χ2n) is 5.76. The van der Waals surface area contributed by atoms with Gasteiger partial charge in [0.05, 0.1) is 7.11 Å². The van der Waals surface area contributed by atoms with Gasteiger partial charge in [-0.15, -0.1) is 0 Å². The van der Waals surface area contributed by atoms with Crippen molar-refractivity contribution < 1.29 is 19.3 Å². The summed E-state index contributed by atoms with van der Waals surface area (Å²) in [5, 5.41) is 10.6. The smallest absolute Gasteiger partial charge is 0.213 e. The average molecular weight is 301 g/mol. The molecule has 0 aliphatic carbocycles. The third-order valence-electron chi connectivity index (χ3n) is 3.78. The fourth-order valence-corrected chi connectivity index (χ4v) is 2.52. The molecule has 22 heavy (non-hydrogen) atoms. The Labute approximate surface area is 129 Å². The number of aromatic nitrogens is 1. The van der Waals surface area contributed by atoms with Crippen LogP contribution in [0.25, 0.3) is 0 Å². The van der Waals surface area contributed by atoms with Gasteiger partial charge in [0.2, 0.25) is 5.88 Å². The summed E-state index contributed by atoms with van der Waals surface area (Å²) < 4.78 is 17.1. The Hall–Kier alpha value is -2.27. The minimum absolute atomic E-state index is 0.456. The molecular weight excluding hydrogens is 282 g/mol. The van der Waals surface area contributed by atoms with E-state index in [1.165, 1.54) is 0 Å². The summed E-state index contributed by atoms with van der Waals surface area (Å²) in [5.74, 6) is 1.82. The quantitative estimate of drug-likeness (QED) is 0.944. The van der Waals surface area contributed by atoms with Gasteiger partial charge in [-0.05, 0) is 38.1 Å². The first-order valence-corrected chi connectivity index (χ1v) is 7.14. The summed E-state index contributed by atoms with van der Waals surface area (Å²) in [6.45, 7) is 3.67. The molecule has 5 heteroatoms. The molecule has 1 aromatic heterocycles. The Morgan fingerprint density at radius 3 is 2.73 bits per heavy atom. The minimum atomic E-state index is -0.839. The largest absolute Gasteiger partial charge is 0.497 e. The van der Waals surface area contributed by atoms with E-state index in [0.717, 1.165) is 5.56 Å². The van der Waals surface area contributed by atoms with Crippen molar-refractivity contribution in [3.05, 3.63) is 48.2 Å². The van der Waals surface area contributed by atoms with Gasteiger partial charge < -0.3 is 19.3 Å². The maximum Gasteiger partial charge on any atom is 0.213 e. The van der Waals surface area contributed by atoms with Crippen LogP contribution in [-0.4, -0.2) is 28.9 Å². The molecule has 0 fully saturated rings. The van der Waals surface area contributed by atoms with Crippen LogP contribution in [0.15, 0.2) is 42.6 Å². The number of pyridine rings is 1. The summed E-state index contributed by atoms with van der Waals surface area (Å²) in [4.78, 5) is 4.17. The number of aliphatic hydroxyl groups is 1. The molecule has 0 radical (unpaired) electrons. The molecule has 1 N–H and O–H groups in total. The maximum atomic E-state index is 10.6. The van der Waals surface area contributed by atoms with E-state index >= 15 is 0 Å². The van der Waals surface area contributed by atoms with E-state index < -0.39 is 17.8 Å². The molecule has 2 atom stereocenters. The van der Waals surface area contributed by atoms with Gasteiger partial charge in [0.15, 0.2) is 6.10 Å². The highest BCUT2D eigenvalue weighted by molar-refractivity contribution is 5.45. The molecule has 2 heterocycles. The van der Waals surface area contributed by atoms with E-state index in [-0.39, 0.29) is 0 Å². The molecule has 0 saturated carbocycles. The molecule has 3 rings (SSSR count). The lowest BCUT2D eigenvalue weighted by atomic mass is 9.88. The second kappa shape index (κ2) is 5.50. The molecule has 0 bridgehead atoms. The predicted molar refractivity (Wildman–Crippen MR) is 81.3 cm³/mol.